The van der Waals surface area contributed by atoms with Crippen LogP contribution in [-0.2, 0) is 16.0 Å². The lowest BCUT2D eigenvalue weighted by Gasteiger charge is -2.07. The topological polar surface area (TPSA) is 60.4 Å². The predicted molar refractivity (Wildman–Crippen MR) is 97.9 cm³/mol. The quantitative estimate of drug-likeness (QED) is 0.802. The number of carboxylic acid groups (broad SMARTS) is 1. The molecule has 1 aliphatic rings. The molecule has 0 aromatic heterocycles. The van der Waals surface area contributed by atoms with E-state index < -0.39 is 28.8 Å². The van der Waals surface area contributed by atoms with E-state index in [4.69, 9.17) is 5.11 Å². The van der Waals surface area contributed by atoms with Crippen molar-refractivity contribution in [2.75, 3.05) is 6.26 Å². The summed E-state index contributed by atoms with van der Waals surface area (Å²) < 4.78 is 39.0. The van der Waals surface area contributed by atoms with E-state index in [0.717, 1.165) is 17.7 Å². The Morgan fingerprint density at radius 3 is 2.27 bits per heavy atom. The summed E-state index contributed by atoms with van der Waals surface area (Å²) in [5, 5.41) is 9.15. The van der Waals surface area contributed by atoms with E-state index in [2.05, 4.69) is 0 Å². The lowest BCUT2D eigenvalue weighted by Crippen LogP contribution is -1.98. The van der Waals surface area contributed by atoms with Gasteiger partial charge in [0.1, 0.15) is 6.26 Å². The van der Waals surface area contributed by atoms with E-state index in [1.807, 2.05) is 0 Å². The van der Waals surface area contributed by atoms with Gasteiger partial charge in [-0.1, -0.05) is 0 Å². The fourth-order valence-corrected chi connectivity index (χ4v) is 3.59. The Morgan fingerprint density at radius 2 is 1.73 bits per heavy atom. The average Bonchev–Trinajstić information content (AvgIpc) is 2.81. The Balaban J connectivity index is 2.13. The van der Waals surface area contributed by atoms with Gasteiger partial charge in [-0.15, -0.1) is 0 Å². The number of hydrogen-bond acceptors (Lipinski definition) is 2. The van der Waals surface area contributed by atoms with E-state index in [1.165, 1.54) is 0 Å². The van der Waals surface area contributed by atoms with Gasteiger partial charge < -0.3 is 9.66 Å². The first-order valence-electron chi connectivity index (χ1n) is 7.85. The molecule has 0 aliphatic heterocycles. The van der Waals surface area contributed by atoms with Gasteiger partial charge in [-0.05, 0) is 94.0 Å². The summed E-state index contributed by atoms with van der Waals surface area (Å²) in [6.45, 7) is 1.75. The highest BCUT2D eigenvalue weighted by atomic mass is 32.2. The number of allylic oxidation sites excluding steroid dienone is 2. The van der Waals surface area contributed by atoms with Gasteiger partial charge in [-0.3, -0.25) is 4.79 Å². The molecule has 0 radical (unpaired) electrons. The molecule has 1 unspecified atom stereocenters. The highest BCUT2D eigenvalue weighted by Gasteiger charge is 2.27. The molecule has 1 atom stereocenters. The van der Waals surface area contributed by atoms with Crippen LogP contribution in [0.2, 0.25) is 0 Å². The summed E-state index contributed by atoms with van der Waals surface area (Å²) in [6.07, 6.45) is 3.11. The number of benzene rings is 2. The molecule has 1 aliphatic carbocycles. The fraction of sp³-hybridized carbons (Fsp3) is 0.150. The lowest BCUT2D eigenvalue weighted by molar-refractivity contribution is -0.135. The number of hydrogen-bond donors (Lipinski definition) is 1. The van der Waals surface area contributed by atoms with Gasteiger partial charge in [0.2, 0.25) is 0 Å². The van der Waals surface area contributed by atoms with Crippen LogP contribution in [0.1, 0.15) is 30.0 Å². The number of rotatable bonds is 4. The standard InChI is InChI=1S/C20H16F2O3S/c1-11-14(7-12-3-5-13(6-4-12)26(2)25)16-8-18(21)19(22)9-17(16)15(11)10-20(23)24/h3-9H,10H2,1-2H3,(H,23,24). The van der Waals surface area contributed by atoms with Crippen molar-refractivity contribution in [1.82, 2.24) is 0 Å². The third-order valence-corrected chi connectivity index (χ3v) is 5.32. The molecule has 0 spiro atoms. The van der Waals surface area contributed by atoms with Crippen LogP contribution in [0.15, 0.2) is 46.9 Å². The first-order chi connectivity index (χ1) is 12.3. The molecule has 3 rings (SSSR count). The van der Waals surface area contributed by atoms with Crippen LogP contribution in [0.4, 0.5) is 8.78 Å². The molecule has 0 fully saturated rings. The minimum Gasteiger partial charge on any atom is -0.612 e. The maximum atomic E-state index is 13.8. The molecule has 0 saturated carbocycles. The molecule has 134 valence electrons. The van der Waals surface area contributed by atoms with Crippen molar-refractivity contribution in [2.24, 2.45) is 0 Å². The highest BCUT2D eigenvalue weighted by molar-refractivity contribution is 7.90. The number of halogens is 2. The molecule has 3 nitrogen and oxygen atoms in total. The lowest BCUT2D eigenvalue weighted by atomic mass is 10.0. The molecule has 2 aromatic carbocycles. The minimum absolute atomic E-state index is 0.269. The van der Waals surface area contributed by atoms with Crippen molar-refractivity contribution >= 4 is 34.4 Å². The van der Waals surface area contributed by atoms with Crippen molar-refractivity contribution in [2.45, 2.75) is 18.2 Å². The summed E-state index contributed by atoms with van der Waals surface area (Å²) in [5.74, 6) is -3.02. The molecule has 0 saturated heterocycles. The van der Waals surface area contributed by atoms with E-state index in [0.29, 0.717) is 32.7 Å². The average molecular weight is 374 g/mol. The fourth-order valence-electron chi connectivity index (χ4n) is 3.07. The zero-order valence-electron chi connectivity index (χ0n) is 14.2. The Morgan fingerprint density at radius 1 is 1.15 bits per heavy atom. The summed E-state index contributed by atoms with van der Waals surface area (Å²) >= 11 is -1.09. The Bertz CT molecular complexity index is 944. The number of fused-ring (bicyclic) bond motifs is 1. The van der Waals surface area contributed by atoms with E-state index in [-0.39, 0.29) is 6.42 Å². The summed E-state index contributed by atoms with van der Waals surface area (Å²) in [7, 11) is 0. The van der Waals surface area contributed by atoms with Crippen LogP contribution in [0.25, 0.3) is 17.2 Å². The maximum absolute atomic E-state index is 13.8. The molecule has 1 N–H and O–H groups in total. The Hall–Kier alpha value is -2.44. The SMILES string of the molecule is CC1=C(CC(=O)O)c2cc(F)c(F)cc2C1=Cc1ccc([S+](C)[O-])cc1. The van der Waals surface area contributed by atoms with Crippen LogP contribution in [0.3, 0.4) is 0 Å². The first kappa shape index (κ1) is 18.4. The zero-order chi connectivity index (χ0) is 19.0. The van der Waals surface area contributed by atoms with Crippen molar-refractivity contribution < 1.29 is 23.2 Å². The van der Waals surface area contributed by atoms with Crippen LogP contribution in [0, 0.1) is 11.6 Å². The van der Waals surface area contributed by atoms with Gasteiger partial charge in [0, 0.05) is 0 Å². The van der Waals surface area contributed by atoms with E-state index >= 15 is 0 Å². The molecule has 26 heavy (non-hydrogen) atoms. The second-order valence-corrected chi connectivity index (χ2v) is 7.45. The molecule has 6 heteroatoms. The number of carboxylic acids is 1. The normalized spacial score (nSPS) is 16.1. The van der Waals surface area contributed by atoms with Gasteiger partial charge in [-0.25, -0.2) is 8.78 Å². The Kier molecular flexibility index (Phi) is 4.98. The molecular weight excluding hydrogens is 358 g/mol. The van der Waals surface area contributed by atoms with E-state index in [9.17, 15) is 18.1 Å². The van der Waals surface area contributed by atoms with Gasteiger partial charge in [0.25, 0.3) is 0 Å². The number of carbonyl (C=O) groups is 1. The summed E-state index contributed by atoms with van der Waals surface area (Å²) in [4.78, 5) is 11.9. The second-order valence-electron chi connectivity index (χ2n) is 6.07. The minimum atomic E-state index is -1.09. The van der Waals surface area contributed by atoms with E-state index in [1.54, 1.807) is 43.5 Å². The summed E-state index contributed by atoms with van der Waals surface area (Å²) in [5.41, 5.74) is 3.47. The van der Waals surface area contributed by atoms with Crippen LogP contribution < -0.4 is 0 Å². The third kappa shape index (κ3) is 3.43. The van der Waals surface area contributed by atoms with Crippen molar-refractivity contribution in [1.29, 1.82) is 0 Å². The van der Waals surface area contributed by atoms with Crippen molar-refractivity contribution in [3.8, 4) is 0 Å². The molecular formula is C20H16F2O3S. The first-order valence-corrected chi connectivity index (χ1v) is 9.40. The molecule has 0 bridgehead atoms. The van der Waals surface area contributed by atoms with Gasteiger partial charge in [0.05, 0.1) is 6.42 Å². The zero-order valence-corrected chi connectivity index (χ0v) is 15.0. The summed E-state index contributed by atoms with van der Waals surface area (Å²) in [6, 6.07) is 9.19. The van der Waals surface area contributed by atoms with Crippen LogP contribution in [0.5, 0.6) is 0 Å². The Labute approximate surface area is 152 Å². The monoisotopic (exact) mass is 374 g/mol. The van der Waals surface area contributed by atoms with Crippen LogP contribution in [-0.4, -0.2) is 21.9 Å². The van der Waals surface area contributed by atoms with Gasteiger partial charge >= 0.3 is 5.97 Å². The molecule has 0 amide bonds. The maximum Gasteiger partial charge on any atom is 0.307 e. The van der Waals surface area contributed by atoms with Gasteiger partial charge in [-0.2, -0.15) is 0 Å². The van der Waals surface area contributed by atoms with Crippen molar-refractivity contribution in [3.05, 3.63) is 70.3 Å². The van der Waals surface area contributed by atoms with Crippen molar-refractivity contribution in [3.63, 3.8) is 0 Å². The number of aliphatic carboxylic acids is 1. The highest BCUT2D eigenvalue weighted by Crippen LogP contribution is 2.44. The third-order valence-electron chi connectivity index (χ3n) is 4.38. The molecule has 0 heterocycles. The van der Waals surface area contributed by atoms with Crippen LogP contribution >= 0.6 is 0 Å². The largest absolute Gasteiger partial charge is 0.612 e. The predicted octanol–water partition coefficient (Wildman–Crippen LogP) is 4.50. The second kappa shape index (κ2) is 7.05. The molecule has 2 aromatic rings. The smallest absolute Gasteiger partial charge is 0.307 e. The van der Waals surface area contributed by atoms with Gasteiger partial charge in [0.15, 0.2) is 16.5 Å².